The Balaban J connectivity index is 1.40. The maximum Gasteiger partial charge on any atom is 0.272 e. The predicted molar refractivity (Wildman–Crippen MR) is 172 cm³/mol. The number of carbonyl (C=O) groups excluding carboxylic acids is 3. The number of carbonyl (C=O) groups is 3. The van der Waals surface area contributed by atoms with Gasteiger partial charge in [-0.1, -0.05) is 59.6 Å². The minimum absolute atomic E-state index is 0.0990. The van der Waals surface area contributed by atoms with Crippen LogP contribution >= 0.6 is 23.4 Å². The average Bonchev–Trinajstić information content (AvgIpc) is 3.02. The van der Waals surface area contributed by atoms with Gasteiger partial charge in [0.1, 0.15) is 17.2 Å². The first-order chi connectivity index (χ1) is 20.7. The molecule has 43 heavy (non-hydrogen) atoms. The van der Waals surface area contributed by atoms with Crippen molar-refractivity contribution in [2.24, 2.45) is 0 Å². The monoisotopic (exact) mass is 615 g/mol. The maximum atomic E-state index is 13.3. The number of anilines is 2. The molecule has 0 bridgehead atoms. The zero-order valence-electron chi connectivity index (χ0n) is 23.8. The van der Waals surface area contributed by atoms with Crippen molar-refractivity contribution in [3.05, 3.63) is 118 Å². The number of halogens is 1. The van der Waals surface area contributed by atoms with Gasteiger partial charge in [-0.3, -0.25) is 14.4 Å². The Morgan fingerprint density at radius 3 is 2.16 bits per heavy atom. The molecule has 0 aliphatic rings. The van der Waals surface area contributed by atoms with E-state index in [-0.39, 0.29) is 17.4 Å². The molecule has 220 valence electrons. The molecule has 4 rings (SSSR count). The second kappa shape index (κ2) is 14.9. The van der Waals surface area contributed by atoms with Gasteiger partial charge >= 0.3 is 0 Å². The Hall–Kier alpha value is -4.73. The van der Waals surface area contributed by atoms with E-state index in [4.69, 9.17) is 21.1 Å². The van der Waals surface area contributed by atoms with Gasteiger partial charge in [0.15, 0.2) is 0 Å². The molecule has 0 spiro atoms. The van der Waals surface area contributed by atoms with Gasteiger partial charge in [-0.25, -0.2) is 0 Å². The molecule has 0 radical (unpaired) electrons. The average molecular weight is 616 g/mol. The molecular weight excluding hydrogens is 586 g/mol. The number of aryl methyl sites for hydroxylation is 1. The van der Waals surface area contributed by atoms with E-state index in [2.05, 4.69) is 16.0 Å². The van der Waals surface area contributed by atoms with Crippen LogP contribution in [-0.2, 0) is 9.59 Å². The molecule has 0 atom stereocenters. The topological polar surface area (TPSA) is 106 Å². The van der Waals surface area contributed by atoms with Gasteiger partial charge in [0, 0.05) is 22.2 Å². The van der Waals surface area contributed by atoms with Crippen LogP contribution in [0, 0.1) is 6.92 Å². The zero-order chi connectivity index (χ0) is 30.8. The SMILES string of the molecule is COc1cc(OC)c(NC(=O)CSc2ccc(NC(=O)/C(=C/c3ccc(C)cc3)NC(=O)c3ccccc3)cc2)cc1Cl. The first-order valence-corrected chi connectivity index (χ1v) is 14.5. The molecule has 3 amide bonds. The lowest BCUT2D eigenvalue weighted by molar-refractivity contribution is -0.114. The number of hydrogen-bond donors (Lipinski definition) is 3. The summed E-state index contributed by atoms with van der Waals surface area (Å²) in [6.45, 7) is 1.97. The van der Waals surface area contributed by atoms with Crippen molar-refractivity contribution in [3.8, 4) is 11.5 Å². The lowest BCUT2D eigenvalue weighted by atomic mass is 10.1. The summed E-state index contributed by atoms with van der Waals surface area (Å²) in [5.41, 5.74) is 3.34. The molecule has 0 saturated carbocycles. The summed E-state index contributed by atoms with van der Waals surface area (Å²) in [7, 11) is 2.99. The number of hydrogen-bond acceptors (Lipinski definition) is 6. The number of methoxy groups -OCH3 is 2. The number of benzene rings is 4. The minimum Gasteiger partial charge on any atom is -0.495 e. The Morgan fingerprint density at radius 1 is 0.837 bits per heavy atom. The van der Waals surface area contributed by atoms with Gasteiger partial charge in [-0.15, -0.1) is 11.8 Å². The minimum atomic E-state index is -0.475. The van der Waals surface area contributed by atoms with Crippen LogP contribution in [0.25, 0.3) is 6.08 Å². The van der Waals surface area contributed by atoms with Crippen LogP contribution in [0.1, 0.15) is 21.5 Å². The lowest BCUT2D eigenvalue weighted by Gasteiger charge is -2.13. The quantitative estimate of drug-likeness (QED) is 0.126. The van der Waals surface area contributed by atoms with E-state index in [9.17, 15) is 14.4 Å². The fourth-order valence-corrected chi connectivity index (χ4v) is 4.84. The van der Waals surface area contributed by atoms with E-state index in [1.54, 1.807) is 66.7 Å². The maximum absolute atomic E-state index is 13.3. The van der Waals surface area contributed by atoms with Crippen molar-refractivity contribution < 1.29 is 23.9 Å². The number of amides is 3. The molecule has 0 fully saturated rings. The second-order valence-electron chi connectivity index (χ2n) is 9.29. The summed E-state index contributed by atoms with van der Waals surface area (Å²) < 4.78 is 10.5. The molecule has 8 nitrogen and oxygen atoms in total. The van der Waals surface area contributed by atoms with Crippen molar-refractivity contribution in [1.82, 2.24) is 5.32 Å². The molecule has 0 saturated heterocycles. The van der Waals surface area contributed by atoms with E-state index in [1.807, 2.05) is 37.3 Å². The summed E-state index contributed by atoms with van der Waals surface area (Å²) in [6, 6.07) is 26.5. The molecule has 10 heteroatoms. The lowest BCUT2D eigenvalue weighted by Crippen LogP contribution is -2.30. The van der Waals surface area contributed by atoms with Gasteiger partial charge in [0.25, 0.3) is 11.8 Å². The highest BCUT2D eigenvalue weighted by Crippen LogP contribution is 2.36. The Bertz CT molecular complexity index is 1630. The van der Waals surface area contributed by atoms with Crippen molar-refractivity contribution in [1.29, 1.82) is 0 Å². The van der Waals surface area contributed by atoms with Crippen molar-refractivity contribution in [2.45, 2.75) is 11.8 Å². The standard InChI is InChI=1S/C33H30ClN3O5S/c1-21-9-11-22(12-10-21)17-28(37-32(39)23-7-5-4-6-8-23)33(40)35-24-13-15-25(16-14-24)43-20-31(38)36-27-18-26(34)29(41-2)19-30(27)42-3/h4-19H,20H2,1-3H3,(H,35,40)(H,36,38)(H,37,39)/b28-17-. The molecule has 4 aromatic rings. The van der Waals surface area contributed by atoms with Crippen LogP contribution in [0.2, 0.25) is 5.02 Å². The fraction of sp³-hybridized carbons (Fsp3) is 0.121. The van der Waals surface area contributed by atoms with Gasteiger partial charge in [-0.05, 0) is 61.0 Å². The molecule has 0 heterocycles. The Labute approximate surface area is 259 Å². The third-order valence-corrected chi connectivity index (χ3v) is 7.45. The molecule has 0 unspecified atom stereocenters. The number of ether oxygens (including phenoxy) is 2. The normalized spacial score (nSPS) is 10.9. The van der Waals surface area contributed by atoms with E-state index >= 15 is 0 Å². The van der Waals surface area contributed by atoms with Crippen molar-refractivity contribution in [2.75, 3.05) is 30.6 Å². The van der Waals surface area contributed by atoms with Gasteiger partial charge in [0.05, 0.1) is 30.7 Å². The van der Waals surface area contributed by atoms with Crippen molar-refractivity contribution in [3.63, 3.8) is 0 Å². The highest BCUT2D eigenvalue weighted by Gasteiger charge is 2.16. The van der Waals surface area contributed by atoms with Crippen LogP contribution < -0.4 is 25.4 Å². The summed E-state index contributed by atoms with van der Waals surface area (Å²) in [4.78, 5) is 39.5. The third kappa shape index (κ3) is 8.88. The van der Waals surface area contributed by atoms with Crippen LogP contribution in [0.5, 0.6) is 11.5 Å². The van der Waals surface area contributed by atoms with Gasteiger partial charge in [-0.2, -0.15) is 0 Å². The highest BCUT2D eigenvalue weighted by atomic mass is 35.5. The van der Waals surface area contributed by atoms with Gasteiger partial charge < -0.3 is 25.4 Å². The summed E-state index contributed by atoms with van der Waals surface area (Å²) >= 11 is 7.52. The molecule has 0 aromatic heterocycles. The molecule has 3 N–H and O–H groups in total. The first kappa shape index (κ1) is 31.2. The Morgan fingerprint density at radius 2 is 1.51 bits per heavy atom. The largest absolute Gasteiger partial charge is 0.495 e. The van der Waals surface area contributed by atoms with Crippen molar-refractivity contribution >= 4 is 58.5 Å². The molecule has 0 aliphatic heterocycles. The Kier molecular flexibility index (Phi) is 10.9. The summed E-state index contributed by atoms with van der Waals surface area (Å²) in [6.07, 6.45) is 1.63. The van der Waals surface area contributed by atoms with Crippen LogP contribution in [0.15, 0.2) is 102 Å². The fourth-order valence-electron chi connectivity index (χ4n) is 3.90. The van der Waals surface area contributed by atoms with E-state index in [0.717, 1.165) is 16.0 Å². The molecular formula is C33H30ClN3O5S. The van der Waals surface area contributed by atoms with Crippen LogP contribution in [0.3, 0.4) is 0 Å². The first-order valence-electron chi connectivity index (χ1n) is 13.2. The third-order valence-electron chi connectivity index (χ3n) is 6.15. The molecule has 0 aliphatic carbocycles. The van der Waals surface area contributed by atoms with E-state index in [0.29, 0.717) is 33.5 Å². The summed E-state index contributed by atoms with van der Waals surface area (Å²) in [5, 5.41) is 8.72. The van der Waals surface area contributed by atoms with E-state index in [1.165, 1.54) is 26.0 Å². The predicted octanol–water partition coefficient (Wildman–Crippen LogP) is 6.81. The summed E-state index contributed by atoms with van der Waals surface area (Å²) in [5.74, 6) is -0.120. The number of thioether (sulfide) groups is 1. The van der Waals surface area contributed by atoms with E-state index < -0.39 is 11.8 Å². The van der Waals surface area contributed by atoms with Crippen LogP contribution in [-0.4, -0.2) is 37.7 Å². The van der Waals surface area contributed by atoms with Crippen LogP contribution in [0.4, 0.5) is 11.4 Å². The highest BCUT2D eigenvalue weighted by molar-refractivity contribution is 8.00. The van der Waals surface area contributed by atoms with Gasteiger partial charge in [0.2, 0.25) is 5.91 Å². The smallest absolute Gasteiger partial charge is 0.272 e. The second-order valence-corrected chi connectivity index (χ2v) is 10.7. The number of nitrogens with one attached hydrogen (secondary N) is 3. The number of rotatable bonds is 11. The molecule has 4 aromatic carbocycles. The zero-order valence-corrected chi connectivity index (χ0v) is 25.3.